The van der Waals surface area contributed by atoms with Crippen molar-refractivity contribution in [2.24, 2.45) is 12.5 Å². The van der Waals surface area contributed by atoms with E-state index in [1.54, 1.807) is 7.05 Å². The minimum absolute atomic E-state index is 0.385. The van der Waals surface area contributed by atoms with E-state index in [9.17, 15) is 4.79 Å². The molecule has 0 amide bonds. The molecule has 15 heavy (non-hydrogen) atoms. The molecule has 1 aromatic heterocycles. The highest BCUT2D eigenvalue weighted by Gasteiger charge is 2.44. The first-order valence-corrected chi connectivity index (χ1v) is 4.84. The molecule has 2 rings (SSSR count). The molecule has 0 bridgehead atoms. The number of nitrogens with one attached hydrogen (secondary N) is 1. The predicted octanol–water partition coefficient (Wildman–Crippen LogP) is -0.123. The van der Waals surface area contributed by atoms with E-state index in [-0.39, 0.29) is 0 Å². The Morgan fingerprint density at radius 1 is 1.67 bits per heavy atom. The lowest BCUT2D eigenvalue weighted by molar-refractivity contribution is -0.153. The van der Waals surface area contributed by atoms with Gasteiger partial charge in [0.05, 0.1) is 5.41 Å². The lowest BCUT2D eigenvalue weighted by atomic mass is 9.69. The minimum Gasteiger partial charge on any atom is -0.481 e. The van der Waals surface area contributed by atoms with Crippen LogP contribution in [0.4, 0.5) is 5.95 Å². The Bertz CT molecular complexity index is 371. The third-order valence-electron chi connectivity index (χ3n) is 2.97. The van der Waals surface area contributed by atoms with Gasteiger partial charge in [0.15, 0.2) is 0 Å². The summed E-state index contributed by atoms with van der Waals surface area (Å²) < 4.78 is 1.48. The third kappa shape index (κ3) is 1.64. The maximum Gasteiger partial charge on any atom is 0.311 e. The predicted molar refractivity (Wildman–Crippen MR) is 51.2 cm³/mol. The van der Waals surface area contributed by atoms with Crippen LogP contribution in [0.1, 0.15) is 19.3 Å². The van der Waals surface area contributed by atoms with Gasteiger partial charge in [0.1, 0.15) is 0 Å². The lowest BCUT2D eigenvalue weighted by Gasteiger charge is -2.37. The van der Waals surface area contributed by atoms with Gasteiger partial charge in [0.25, 0.3) is 0 Å². The average molecular weight is 211 g/mol. The molecule has 7 nitrogen and oxygen atoms in total. The number of carboxylic acid groups (broad SMARTS) is 1. The first-order valence-electron chi connectivity index (χ1n) is 4.84. The molecule has 7 heteroatoms. The van der Waals surface area contributed by atoms with E-state index in [0.29, 0.717) is 12.5 Å². The second-order valence-electron chi connectivity index (χ2n) is 3.92. The summed E-state index contributed by atoms with van der Waals surface area (Å²) in [5.41, 5.74) is -0.619. The zero-order valence-electron chi connectivity index (χ0n) is 8.47. The molecule has 0 atom stereocenters. The fourth-order valence-corrected chi connectivity index (χ4v) is 1.70. The number of hydrogen-bond donors (Lipinski definition) is 2. The smallest absolute Gasteiger partial charge is 0.311 e. The molecule has 1 aromatic rings. The zero-order valence-corrected chi connectivity index (χ0v) is 8.47. The van der Waals surface area contributed by atoms with Gasteiger partial charge in [0, 0.05) is 13.6 Å². The molecule has 0 unspecified atom stereocenters. The summed E-state index contributed by atoms with van der Waals surface area (Å²) >= 11 is 0. The molecule has 0 aromatic carbocycles. The fourth-order valence-electron chi connectivity index (χ4n) is 1.70. The van der Waals surface area contributed by atoms with E-state index in [0.717, 1.165) is 19.3 Å². The van der Waals surface area contributed by atoms with Gasteiger partial charge in [0.2, 0.25) is 5.95 Å². The average Bonchev–Trinajstić information content (AvgIpc) is 2.49. The van der Waals surface area contributed by atoms with Crippen molar-refractivity contribution in [2.45, 2.75) is 19.3 Å². The van der Waals surface area contributed by atoms with Crippen LogP contribution in [0.5, 0.6) is 0 Å². The second kappa shape index (κ2) is 3.48. The van der Waals surface area contributed by atoms with Crippen molar-refractivity contribution in [3.05, 3.63) is 0 Å². The highest BCUT2D eigenvalue weighted by Crippen LogP contribution is 2.41. The maximum absolute atomic E-state index is 11.0. The number of carbonyl (C=O) groups is 1. The highest BCUT2D eigenvalue weighted by atomic mass is 16.4. The molecule has 2 N–H and O–H groups in total. The number of rotatable bonds is 4. The molecular formula is C8H13N5O2. The standard InChI is InChI=1S/C8H13N5O2/c1-13-7(10-11-12-13)9-5-8(6(14)15)3-2-4-8/h2-5H2,1H3,(H,14,15)(H,9,10,12). The number of aryl methyl sites for hydroxylation is 1. The Morgan fingerprint density at radius 3 is 2.80 bits per heavy atom. The van der Waals surface area contributed by atoms with Gasteiger partial charge in [-0.2, -0.15) is 0 Å². The number of anilines is 1. The summed E-state index contributed by atoms with van der Waals surface area (Å²) in [5.74, 6) is -0.237. The summed E-state index contributed by atoms with van der Waals surface area (Å²) in [6.07, 6.45) is 2.42. The van der Waals surface area contributed by atoms with Crippen LogP contribution in [-0.4, -0.2) is 37.8 Å². The van der Waals surface area contributed by atoms with Crippen molar-refractivity contribution in [3.8, 4) is 0 Å². The molecule has 1 fully saturated rings. The van der Waals surface area contributed by atoms with Crippen molar-refractivity contribution in [3.63, 3.8) is 0 Å². The van der Waals surface area contributed by atoms with Crippen LogP contribution < -0.4 is 5.32 Å². The van der Waals surface area contributed by atoms with Crippen LogP contribution >= 0.6 is 0 Å². The van der Waals surface area contributed by atoms with Gasteiger partial charge in [-0.1, -0.05) is 11.5 Å². The van der Waals surface area contributed by atoms with Crippen LogP contribution in [0.15, 0.2) is 0 Å². The van der Waals surface area contributed by atoms with Gasteiger partial charge in [-0.05, 0) is 23.3 Å². The third-order valence-corrected chi connectivity index (χ3v) is 2.97. The molecule has 1 aliphatic rings. The van der Waals surface area contributed by atoms with Gasteiger partial charge >= 0.3 is 5.97 Å². The number of nitrogens with zero attached hydrogens (tertiary/aromatic N) is 4. The fraction of sp³-hybridized carbons (Fsp3) is 0.750. The zero-order chi connectivity index (χ0) is 10.9. The summed E-state index contributed by atoms with van der Waals surface area (Å²) in [6.45, 7) is 0.385. The molecule has 1 aliphatic carbocycles. The molecule has 1 heterocycles. The van der Waals surface area contributed by atoms with Gasteiger partial charge < -0.3 is 10.4 Å². The van der Waals surface area contributed by atoms with Crippen LogP contribution in [-0.2, 0) is 11.8 Å². The van der Waals surface area contributed by atoms with Crippen LogP contribution in [0, 0.1) is 5.41 Å². The number of hydrogen-bond acceptors (Lipinski definition) is 5. The Balaban J connectivity index is 1.98. The van der Waals surface area contributed by atoms with Gasteiger partial charge in [-0.3, -0.25) is 4.79 Å². The molecule has 82 valence electrons. The van der Waals surface area contributed by atoms with E-state index in [1.165, 1.54) is 4.68 Å². The van der Waals surface area contributed by atoms with Crippen LogP contribution in [0.2, 0.25) is 0 Å². The summed E-state index contributed by atoms with van der Waals surface area (Å²) in [6, 6.07) is 0. The van der Waals surface area contributed by atoms with E-state index in [2.05, 4.69) is 20.8 Å². The van der Waals surface area contributed by atoms with Gasteiger partial charge in [-0.15, -0.1) is 0 Å². The molecule has 0 aliphatic heterocycles. The highest BCUT2D eigenvalue weighted by molar-refractivity contribution is 5.76. The molecule has 0 saturated heterocycles. The molecule has 0 spiro atoms. The van der Waals surface area contributed by atoms with Crippen LogP contribution in [0.3, 0.4) is 0 Å². The summed E-state index contributed by atoms with van der Waals surface area (Å²) in [4.78, 5) is 11.0. The molecular weight excluding hydrogens is 198 g/mol. The minimum atomic E-state index is -0.739. The normalized spacial score (nSPS) is 18.2. The largest absolute Gasteiger partial charge is 0.481 e. The van der Waals surface area contributed by atoms with E-state index >= 15 is 0 Å². The lowest BCUT2D eigenvalue weighted by Crippen LogP contribution is -2.44. The second-order valence-corrected chi connectivity index (χ2v) is 3.92. The Kier molecular flexibility index (Phi) is 2.29. The van der Waals surface area contributed by atoms with Crippen molar-refractivity contribution in [1.82, 2.24) is 20.2 Å². The van der Waals surface area contributed by atoms with Crippen LogP contribution in [0.25, 0.3) is 0 Å². The van der Waals surface area contributed by atoms with E-state index in [1.807, 2.05) is 0 Å². The number of aromatic nitrogens is 4. The van der Waals surface area contributed by atoms with E-state index < -0.39 is 11.4 Å². The maximum atomic E-state index is 11.0. The monoisotopic (exact) mass is 211 g/mol. The number of tetrazole rings is 1. The van der Waals surface area contributed by atoms with Crippen molar-refractivity contribution < 1.29 is 9.90 Å². The van der Waals surface area contributed by atoms with Crippen molar-refractivity contribution in [1.29, 1.82) is 0 Å². The summed E-state index contributed by atoms with van der Waals surface area (Å²) in [5, 5.41) is 22.9. The number of carboxylic acids is 1. The molecule has 0 radical (unpaired) electrons. The first kappa shape index (κ1) is 9.88. The Morgan fingerprint density at radius 2 is 2.40 bits per heavy atom. The summed E-state index contributed by atoms with van der Waals surface area (Å²) in [7, 11) is 1.70. The first-order chi connectivity index (χ1) is 7.14. The number of aliphatic carboxylic acids is 1. The Labute approximate surface area is 86.5 Å². The van der Waals surface area contributed by atoms with Crippen molar-refractivity contribution >= 4 is 11.9 Å². The quantitative estimate of drug-likeness (QED) is 0.721. The van der Waals surface area contributed by atoms with E-state index in [4.69, 9.17) is 5.11 Å². The molecule has 1 saturated carbocycles. The topological polar surface area (TPSA) is 92.9 Å². The van der Waals surface area contributed by atoms with Crippen molar-refractivity contribution in [2.75, 3.05) is 11.9 Å². The Hall–Kier alpha value is -1.66. The van der Waals surface area contributed by atoms with Gasteiger partial charge in [-0.25, -0.2) is 4.68 Å². The SMILES string of the molecule is Cn1nnnc1NCC1(C(=O)O)CCC1.